The summed E-state index contributed by atoms with van der Waals surface area (Å²) in [6, 6.07) is 2.11. The minimum absolute atomic E-state index is 0.324. The summed E-state index contributed by atoms with van der Waals surface area (Å²) in [4.78, 5) is 8.11. The first-order chi connectivity index (χ1) is 7.67. The molecule has 0 saturated carbocycles. The van der Waals surface area contributed by atoms with Crippen LogP contribution >= 0.6 is 0 Å². The third-order valence-electron chi connectivity index (χ3n) is 2.47. The molecule has 0 aliphatic carbocycles. The number of methoxy groups -OCH3 is 1. The van der Waals surface area contributed by atoms with Crippen LogP contribution in [0.3, 0.4) is 0 Å². The van der Waals surface area contributed by atoms with E-state index in [0.29, 0.717) is 24.4 Å². The van der Waals surface area contributed by atoms with E-state index in [4.69, 9.17) is 10.5 Å². The van der Waals surface area contributed by atoms with Gasteiger partial charge in [-0.05, 0) is 18.9 Å². The highest BCUT2D eigenvalue weighted by atomic mass is 16.5. The fourth-order valence-corrected chi connectivity index (χ4v) is 1.47. The normalized spacial score (nSPS) is 12.6. The predicted octanol–water partition coefficient (Wildman–Crippen LogP) is 1.27. The van der Waals surface area contributed by atoms with Gasteiger partial charge in [0.25, 0.3) is 0 Å². The van der Waals surface area contributed by atoms with Gasteiger partial charge >= 0.3 is 0 Å². The molecule has 0 saturated heterocycles. The maximum absolute atomic E-state index is 5.58. The molecule has 5 heteroatoms. The molecule has 16 heavy (non-hydrogen) atoms. The van der Waals surface area contributed by atoms with Gasteiger partial charge in [0.05, 0.1) is 7.11 Å². The molecule has 1 aromatic rings. The van der Waals surface area contributed by atoms with E-state index < -0.39 is 0 Å². The molecule has 3 N–H and O–H groups in total. The minimum atomic E-state index is 0.324. The van der Waals surface area contributed by atoms with Crippen LogP contribution in [0, 0.1) is 5.92 Å². The third-order valence-corrected chi connectivity index (χ3v) is 2.47. The van der Waals surface area contributed by atoms with Crippen molar-refractivity contribution < 1.29 is 4.74 Å². The molecule has 1 heterocycles. The molecule has 1 aromatic heterocycles. The summed E-state index contributed by atoms with van der Waals surface area (Å²) in [6.07, 6.45) is 2.41. The highest BCUT2D eigenvalue weighted by Gasteiger charge is 2.12. The Hall–Kier alpha value is -1.36. The number of hydrogen-bond acceptors (Lipinski definition) is 5. The standard InChI is InChI=1S/C11H20N4O/c1-8(2)9(4-5-12)15-10-6-11(16-3)14-7-13-10/h6-9H,4-5,12H2,1-3H3,(H,13,14,15). The molecule has 0 fully saturated rings. The number of ether oxygens (including phenoxy) is 1. The van der Waals surface area contributed by atoms with Crippen LogP contribution in [-0.2, 0) is 0 Å². The van der Waals surface area contributed by atoms with Crippen LogP contribution in [0.25, 0.3) is 0 Å². The molecule has 0 aliphatic heterocycles. The summed E-state index contributed by atoms with van der Waals surface area (Å²) in [5, 5.41) is 3.34. The fourth-order valence-electron chi connectivity index (χ4n) is 1.47. The van der Waals surface area contributed by atoms with Crippen molar-refractivity contribution in [1.29, 1.82) is 0 Å². The van der Waals surface area contributed by atoms with E-state index in [2.05, 4.69) is 29.1 Å². The zero-order chi connectivity index (χ0) is 12.0. The summed E-state index contributed by atoms with van der Waals surface area (Å²) in [6.45, 7) is 4.98. The molecule has 90 valence electrons. The van der Waals surface area contributed by atoms with Gasteiger partial charge in [0.2, 0.25) is 5.88 Å². The Morgan fingerprint density at radius 1 is 1.44 bits per heavy atom. The number of anilines is 1. The number of aromatic nitrogens is 2. The number of nitrogens with one attached hydrogen (secondary N) is 1. The SMILES string of the molecule is COc1cc(NC(CCN)C(C)C)ncn1. The molecule has 0 radical (unpaired) electrons. The lowest BCUT2D eigenvalue weighted by Crippen LogP contribution is -2.28. The Bertz CT molecular complexity index is 317. The van der Waals surface area contributed by atoms with Crippen molar-refractivity contribution in [2.75, 3.05) is 19.0 Å². The van der Waals surface area contributed by atoms with Gasteiger partial charge < -0.3 is 15.8 Å². The van der Waals surface area contributed by atoms with Gasteiger partial charge in [-0.1, -0.05) is 13.8 Å². The van der Waals surface area contributed by atoms with Crippen LogP contribution in [0.4, 0.5) is 5.82 Å². The number of rotatable bonds is 6. The summed E-state index contributed by atoms with van der Waals surface area (Å²) in [5.74, 6) is 1.84. The highest BCUT2D eigenvalue weighted by Crippen LogP contribution is 2.15. The Morgan fingerprint density at radius 2 is 2.19 bits per heavy atom. The second kappa shape index (κ2) is 6.27. The van der Waals surface area contributed by atoms with Crippen molar-refractivity contribution in [2.24, 2.45) is 11.7 Å². The Kier molecular flexibility index (Phi) is 4.98. The summed E-state index contributed by atoms with van der Waals surface area (Å²) in [5.41, 5.74) is 5.58. The zero-order valence-corrected chi connectivity index (χ0v) is 10.1. The smallest absolute Gasteiger partial charge is 0.218 e. The first-order valence-electron chi connectivity index (χ1n) is 5.50. The molecule has 0 amide bonds. The molecule has 1 unspecified atom stereocenters. The molecule has 0 aliphatic rings. The van der Waals surface area contributed by atoms with Crippen LogP contribution in [-0.4, -0.2) is 29.7 Å². The van der Waals surface area contributed by atoms with Gasteiger partial charge in [-0.25, -0.2) is 9.97 Å². The molecule has 0 spiro atoms. The molecule has 1 atom stereocenters. The lowest BCUT2D eigenvalue weighted by Gasteiger charge is -2.22. The van der Waals surface area contributed by atoms with Crippen LogP contribution in [0.2, 0.25) is 0 Å². The summed E-state index contributed by atoms with van der Waals surface area (Å²) < 4.78 is 5.04. The number of nitrogens with two attached hydrogens (primary N) is 1. The topological polar surface area (TPSA) is 73.1 Å². The minimum Gasteiger partial charge on any atom is -0.481 e. The van der Waals surface area contributed by atoms with E-state index in [-0.39, 0.29) is 0 Å². The van der Waals surface area contributed by atoms with Crippen LogP contribution < -0.4 is 15.8 Å². The van der Waals surface area contributed by atoms with Crippen LogP contribution in [0.5, 0.6) is 5.88 Å². The number of hydrogen-bond donors (Lipinski definition) is 2. The van der Waals surface area contributed by atoms with Crippen molar-refractivity contribution >= 4 is 5.82 Å². The van der Waals surface area contributed by atoms with Crippen molar-refractivity contribution in [3.8, 4) is 5.88 Å². The summed E-state index contributed by atoms with van der Waals surface area (Å²) in [7, 11) is 1.59. The molecule has 5 nitrogen and oxygen atoms in total. The molecular formula is C11H20N4O. The molecule has 0 bridgehead atoms. The van der Waals surface area contributed by atoms with E-state index in [0.717, 1.165) is 12.2 Å². The third kappa shape index (κ3) is 3.66. The van der Waals surface area contributed by atoms with Crippen LogP contribution in [0.1, 0.15) is 20.3 Å². The van der Waals surface area contributed by atoms with Gasteiger partial charge in [0.1, 0.15) is 12.1 Å². The maximum Gasteiger partial charge on any atom is 0.218 e. The fraction of sp³-hybridized carbons (Fsp3) is 0.636. The quantitative estimate of drug-likeness (QED) is 0.761. The lowest BCUT2D eigenvalue weighted by molar-refractivity contribution is 0.396. The molecular weight excluding hydrogens is 204 g/mol. The Morgan fingerprint density at radius 3 is 2.75 bits per heavy atom. The first-order valence-corrected chi connectivity index (χ1v) is 5.50. The average molecular weight is 224 g/mol. The van der Waals surface area contributed by atoms with Gasteiger partial charge in [0, 0.05) is 12.1 Å². The summed E-state index contributed by atoms with van der Waals surface area (Å²) >= 11 is 0. The van der Waals surface area contributed by atoms with E-state index in [1.54, 1.807) is 13.2 Å². The second-order valence-corrected chi connectivity index (χ2v) is 4.02. The molecule has 0 aromatic carbocycles. The number of nitrogens with zero attached hydrogens (tertiary/aromatic N) is 2. The monoisotopic (exact) mass is 224 g/mol. The van der Waals surface area contributed by atoms with E-state index in [1.807, 2.05) is 0 Å². The lowest BCUT2D eigenvalue weighted by atomic mass is 10.0. The maximum atomic E-state index is 5.58. The Balaban J connectivity index is 2.68. The van der Waals surface area contributed by atoms with Crippen molar-refractivity contribution in [3.63, 3.8) is 0 Å². The van der Waals surface area contributed by atoms with Crippen molar-refractivity contribution in [2.45, 2.75) is 26.3 Å². The van der Waals surface area contributed by atoms with Gasteiger partial charge in [-0.2, -0.15) is 0 Å². The predicted molar refractivity (Wildman–Crippen MR) is 64.5 cm³/mol. The molecule has 1 rings (SSSR count). The van der Waals surface area contributed by atoms with E-state index in [9.17, 15) is 0 Å². The second-order valence-electron chi connectivity index (χ2n) is 4.02. The van der Waals surface area contributed by atoms with Gasteiger partial charge in [-0.15, -0.1) is 0 Å². The average Bonchev–Trinajstić information content (AvgIpc) is 2.28. The largest absolute Gasteiger partial charge is 0.481 e. The van der Waals surface area contributed by atoms with Gasteiger partial charge in [-0.3, -0.25) is 0 Å². The van der Waals surface area contributed by atoms with Crippen molar-refractivity contribution in [1.82, 2.24) is 9.97 Å². The van der Waals surface area contributed by atoms with Crippen LogP contribution in [0.15, 0.2) is 12.4 Å². The Labute approximate surface area is 96.4 Å². The van der Waals surface area contributed by atoms with Gasteiger partial charge in [0.15, 0.2) is 0 Å². The van der Waals surface area contributed by atoms with Crippen molar-refractivity contribution in [3.05, 3.63) is 12.4 Å². The van der Waals surface area contributed by atoms with E-state index >= 15 is 0 Å². The first kappa shape index (κ1) is 12.7. The zero-order valence-electron chi connectivity index (χ0n) is 10.1. The highest BCUT2D eigenvalue weighted by molar-refractivity contribution is 5.38. The van der Waals surface area contributed by atoms with E-state index in [1.165, 1.54) is 6.33 Å².